The molecule has 0 spiro atoms. The molecule has 0 bridgehead atoms. The van der Waals surface area contributed by atoms with Crippen LogP contribution in [-0.4, -0.2) is 38.9 Å². The van der Waals surface area contributed by atoms with Crippen LogP contribution in [0.5, 0.6) is 0 Å². The Bertz CT molecular complexity index is 1130. The number of hydrogen-bond donors (Lipinski definition) is 2. The summed E-state index contributed by atoms with van der Waals surface area (Å²) < 4.78 is 8.39. The molecule has 6 aliphatic rings. The van der Waals surface area contributed by atoms with E-state index in [1.807, 2.05) is 6.20 Å². The highest BCUT2D eigenvalue weighted by Gasteiger charge is 2.90. The van der Waals surface area contributed by atoms with E-state index in [2.05, 4.69) is 39.7 Å². The lowest BCUT2D eigenvalue weighted by molar-refractivity contribution is -0.422. The summed E-state index contributed by atoms with van der Waals surface area (Å²) in [7, 11) is 0. The Balaban J connectivity index is 1.14. The van der Waals surface area contributed by atoms with Crippen molar-refractivity contribution in [3.05, 3.63) is 23.7 Å². The fourth-order valence-corrected chi connectivity index (χ4v) is 8.67. The summed E-state index contributed by atoms with van der Waals surface area (Å²) in [6, 6.07) is 0.570. The molecular weight excluding hydrogens is 402 g/mol. The van der Waals surface area contributed by atoms with E-state index in [4.69, 9.17) is 21.2 Å². The Morgan fingerprint density at radius 2 is 1.97 bits per heavy atom. The molecule has 3 heterocycles. The predicted octanol–water partition coefficient (Wildman–Crippen LogP) is 2.54. The van der Waals surface area contributed by atoms with Crippen LogP contribution >= 0.6 is 0 Å². The molecule has 32 heavy (non-hydrogen) atoms. The van der Waals surface area contributed by atoms with Gasteiger partial charge in [0.1, 0.15) is 6.10 Å². The van der Waals surface area contributed by atoms with E-state index >= 15 is 0 Å². The number of hydrogen-bond acceptors (Lipinski definition) is 7. The third-order valence-electron chi connectivity index (χ3n) is 10.1. The Hall–Kier alpha value is -2.35. The topological polar surface area (TPSA) is 108 Å². The van der Waals surface area contributed by atoms with Crippen molar-refractivity contribution in [2.24, 2.45) is 35.5 Å². The molecule has 0 radical (unpaired) electrons. The second kappa shape index (κ2) is 5.58. The van der Waals surface area contributed by atoms with Crippen molar-refractivity contribution in [1.82, 2.24) is 19.7 Å². The number of nitrogens with zero attached hydrogens (tertiary/aromatic N) is 5. The zero-order valence-corrected chi connectivity index (χ0v) is 18.7. The molecule has 168 valence electrons. The van der Waals surface area contributed by atoms with E-state index in [0.717, 1.165) is 47.4 Å². The number of ether oxygens (including phenoxy) is 1. The van der Waals surface area contributed by atoms with Gasteiger partial charge in [-0.25, -0.2) is 4.98 Å². The van der Waals surface area contributed by atoms with Gasteiger partial charge >= 0.3 is 0 Å². The summed E-state index contributed by atoms with van der Waals surface area (Å²) in [4.78, 5) is 12.1. The minimum Gasteiger partial charge on any atom is -0.394 e. The molecule has 1 aliphatic heterocycles. The minimum absolute atomic E-state index is 0.0469. The van der Waals surface area contributed by atoms with Crippen molar-refractivity contribution in [1.29, 1.82) is 0 Å². The molecule has 5 saturated carbocycles. The summed E-state index contributed by atoms with van der Waals surface area (Å²) >= 11 is 0. The first kappa shape index (κ1) is 18.1. The van der Waals surface area contributed by atoms with Gasteiger partial charge < -0.3 is 21.1 Å². The predicted molar refractivity (Wildman–Crippen MR) is 120 cm³/mol. The minimum atomic E-state index is -0.0469. The standard InChI is InChI=1S/C24H31N7O/c1-10-7-30(9-16(32-10)12-6-27-31(8-12)13-3-4-13)23-28-21(20(25)22(26)29-23)24-11(2)17-14-5-15(24)18(14)19(17)24/h6,8,10-11,13-19H,3-5,7,9,25H2,1-2H3,(H2,26,28,29). The van der Waals surface area contributed by atoms with E-state index in [9.17, 15) is 0 Å². The van der Waals surface area contributed by atoms with Gasteiger partial charge in [0.05, 0.1) is 36.3 Å². The molecule has 9 atom stereocenters. The molecule has 2 aromatic rings. The number of anilines is 3. The normalized spacial score (nSPS) is 45.2. The molecule has 8 nitrogen and oxygen atoms in total. The van der Waals surface area contributed by atoms with Gasteiger partial charge in [-0.3, -0.25) is 4.68 Å². The van der Waals surface area contributed by atoms with Crippen molar-refractivity contribution in [2.45, 2.75) is 56.8 Å². The molecule has 5 aliphatic carbocycles. The second-order valence-electron chi connectivity index (χ2n) is 11.4. The Morgan fingerprint density at radius 3 is 2.69 bits per heavy atom. The van der Waals surface area contributed by atoms with Gasteiger partial charge in [0.2, 0.25) is 5.95 Å². The summed E-state index contributed by atoms with van der Waals surface area (Å²) in [6.07, 6.45) is 7.93. The summed E-state index contributed by atoms with van der Waals surface area (Å²) in [5.41, 5.74) is 15.9. The van der Waals surface area contributed by atoms with Crippen molar-refractivity contribution < 1.29 is 4.74 Å². The first-order valence-electron chi connectivity index (χ1n) is 12.4. The highest BCUT2D eigenvalue weighted by atomic mass is 16.5. The summed E-state index contributed by atoms with van der Waals surface area (Å²) in [5.74, 6) is 6.17. The van der Waals surface area contributed by atoms with Crippen LogP contribution in [0.4, 0.5) is 17.5 Å². The van der Waals surface area contributed by atoms with E-state index in [1.165, 1.54) is 19.3 Å². The summed E-state index contributed by atoms with van der Waals surface area (Å²) in [5, 5.41) is 4.57. The van der Waals surface area contributed by atoms with Gasteiger partial charge in [0.15, 0.2) is 5.82 Å². The van der Waals surface area contributed by atoms with Gasteiger partial charge in [-0.05, 0) is 61.7 Å². The zero-order chi connectivity index (χ0) is 21.5. The van der Waals surface area contributed by atoms with Crippen molar-refractivity contribution >= 4 is 17.5 Å². The maximum Gasteiger partial charge on any atom is 0.227 e. The molecule has 9 unspecified atom stereocenters. The van der Waals surface area contributed by atoms with Gasteiger partial charge in [0.25, 0.3) is 0 Å². The van der Waals surface area contributed by atoms with Gasteiger partial charge in [-0.1, -0.05) is 6.92 Å². The van der Waals surface area contributed by atoms with Crippen molar-refractivity contribution in [3.8, 4) is 0 Å². The fraction of sp³-hybridized carbons (Fsp3) is 0.708. The molecule has 0 amide bonds. The lowest BCUT2D eigenvalue weighted by Gasteiger charge is -2.92. The SMILES string of the molecule is CC1CN(c2nc(N)c(N)c(C34C(C)C5C6CC3C6C54)n2)CC(c2cnn(C3CC3)c2)O1. The second-order valence-corrected chi connectivity index (χ2v) is 11.4. The van der Waals surface area contributed by atoms with Crippen LogP contribution in [0.15, 0.2) is 12.4 Å². The fourth-order valence-electron chi connectivity index (χ4n) is 8.67. The Kier molecular flexibility index (Phi) is 3.16. The van der Waals surface area contributed by atoms with Gasteiger partial charge in [0, 0.05) is 23.7 Å². The molecule has 1 saturated heterocycles. The lowest BCUT2D eigenvalue weighted by Crippen LogP contribution is -2.91. The smallest absolute Gasteiger partial charge is 0.227 e. The Morgan fingerprint density at radius 1 is 1.12 bits per heavy atom. The van der Waals surface area contributed by atoms with Crippen molar-refractivity contribution in [3.63, 3.8) is 0 Å². The van der Waals surface area contributed by atoms with E-state index in [0.29, 0.717) is 36.0 Å². The molecule has 6 fully saturated rings. The summed E-state index contributed by atoms with van der Waals surface area (Å²) in [6.45, 7) is 5.98. The largest absolute Gasteiger partial charge is 0.394 e. The zero-order valence-electron chi connectivity index (χ0n) is 18.7. The van der Waals surface area contributed by atoms with Crippen LogP contribution in [0.2, 0.25) is 0 Å². The lowest BCUT2D eigenvalue weighted by atomic mass is 9.11. The average Bonchev–Trinajstić information content (AvgIpc) is 3.50. The first-order chi connectivity index (χ1) is 15.5. The number of nitrogen functional groups attached to an aromatic ring is 2. The first-order valence-corrected chi connectivity index (χ1v) is 12.4. The highest BCUT2D eigenvalue weighted by Crippen LogP contribution is 2.91. The van der Waals surface area contributed by atoms with E-state index < -0.39 is 0 Å². The van der Waals surface area contributed by atoms with Crippen LogP contribution in [0.1, 0.15) is 56.5 Å². The number of fused-ring (bicyclic) bond motifs is 2. The third-order valence-corrected chi connectivity index (χ3v) is 10.1. The van der Waals surface area contributed by atoms with E-state index in [1.54, 1.807) is 0 Å². The van der Waals surface area contributed by atoms with Crippen LogP contribution in [0.25, 0.3) is 0 Å². The molecule has 0 aromatic carbocycles. The van der Waals surface area contributed by atoms with Gasteiger partial charge in [-0.15, -0.1) is 0 Å². The number of morpholine rings is 1. The molecular formula is C24H31N7O. The number of nitrogens with two attached hydrogens (primary N) is 2. The van der Waals surface area contributed by atoms with Crippen LogP contribution in [0.3, 0.4) is 0 Å². The van der Waals surface area contributed by atoms with Crippen molar-refractivity contribution in [2.75, 3.05) is 29.5 Å². The quantitative estimate of drug-likeness (QED) is 0.763. The van der Waals surface area contributed by atoms with E-state index in [-0.39, 0.29) is 17.6 Å². The third kappa shape index (κ3) is 1.90. The molecule has 8 rings (SSSR count). The number of rotatable bonds is 4. The monoisotopic (exact) mass is 433 g/mol. The maximum absolute atomic E-state index is 6.55. The molecule has 4 N–H and O–H groups in total. The number of aromatic nitrogens is 4. The molecule has 2 aromatic heterocycles. The van der Waals surface area contributed by atoms with Crippen LogP contribution in [0, 0.1) is 35.5 Å². The van der Waals surface area contributed by atoms with Crippen LogP contribution < -0.4 is 16.4 Å². The molecule has 8 heteroatoms. The highest BCUT2D eigenvalue weighted by molar-refractivity contribution is 5.68. The van der Waals surface area contributed by atoms with Crippen LogP contribution in [-0.2, 0) is 10.2 Å². The average molecular weight is 434 g/mol. The Labute approximate surface area is 187 Å². The van der Waals surface area contributed by atoms with Gasteiger partial charge in [-0.2, -0.15) is 10.1 Å². The maximum atomic E-state index is 6.55.